The number of aromatic nitrogens is 1. The van der Waals surface area contributed by atoms with Crippen LogP contribution >= 0.6 is 0 Å². The normalized spacial score (nSPS) is 17.9. The largest absolute Gasteiger partial charge is 3.00 e. The number of aliphatic carboxylic acids is 3. The van der Waals surface area contributed by atoms with Crippen molar-refractivity contribution in [3.8, 4) is 0 Å². The second-order valence-electron chi connectivity index (χ2n) is 16.9. The van der Waals surface area contributed by atoms with Gasteiger partial charge >= 0.3 is 55.3 Å². The molecule has 0 saturated carbocycles. The molecule has 2 aliphatic rings. The van der Waals surface area contributed by atoms with Crippen LogP contribution in [0.25, 0.3) is 21.7 Å². The number of carbonyl (C=O) groups is 4. The fourth-order valence-corrected chi connectivity index (χ4v) is 8.40. The zero-order chi connectivity index (χ0) is 46.8. The number of rotatable bonds is 11. The van der Waals surface area contributed by atoms with Crippen LogP contribution in [0.3, 0.4) is 0 Å². The van der Waals surface area contributed by atoms with E-state index < -0.39 is 17.9 Å². The predicted molar refractivity (Wildman–Crippen MR) is 242 cm³/mol. The Bertz CT molecular complexity index is 2210. The van der Waals surface area contributed by atoms with Crippen LogP contribution in [0, 0.1) is 49.4 Å². The summed E-state index contributed by atoms with van der Waals surface area (Å²) >= 11 is 0. The SMILES string of the molecule is CN(Cc1ccc2c(c1)c1cc3c(cc1c[n+]2C)COCCOCCN(c1ccccc1)CCOCCOC3)C(=O)CN1CCN(CC(=O)[O-])CCN(CC(=O)[O-])CCN(CC(=O)O)CC1.[Eu+3]. The van der Waals surface area contributed by atoms with Gasteiger partial charge in [0.15, 0.2) is 6.20 Å². The van der Waals surface area contributed by atoms with E-state index in [-0.39, 0.29) is 114 Å². The van der Waals surface area contributed by atoms with E-state index in [0.717, 1.165) is 57.1 Å². The number of carbonyl (C=O) groups excluding carboxylic acids is 3. The number of amides is 1. The summed E-state index contributed by atoms with van der Waals surface area (Å²) < 4.78 is 26.4. The Labute approximate surface area is 433 Å². The molecule has 1 N–H and O–H groups in total. The van der Waals surface area contributed by atoms with Crippen LogP contribution in [0.15, 0.2) is 66.9 Å². The number of hydrogen-bond donors (Lipinski definition) is 1. The van der Waals surface area contributed by atoms with Gasteiger partial charge in [-0.05, 0) is 47.0 Å². The average molecular weight is 1070 g/mol. The molecule has 1 fully saturated rings. The minimum absolute atomic E-state index is 0. The molecule has 6 rings (SSSR count). The number of carboxylic acids is 3. The molecule has 2 aliphatic heterocycles. The molecule has 3 aromatic carbocycles. The number of carboxylic acid groups (broad SMARTS) is 3. The van der Waals surface area contributed by atoms with E-state index in [1.807, 2.05) is 36.2 Å². The Kier molecular flexibility index (Phi) is 22.7. The molecule has 0 bridgehead atoms. The monoisotopic (exact) mass is 1070 g/mol. The number of aryl methyl sites for hydroxylation is 1. The third-order valence-corrected chi connectivity index (χ3v) is 12.0. The summed E-state index contributed by atoms with van der Waals surface area (Å²) in [5, 5.41) is 35.8. The molecule has 0 atom stereocenters. The van der Waals surface area contributed by atoms with Crippen LogP contribution in [0.2, 0.25) is 0 Å². The number of nitrogens with zero attached hydrogens (tertiary/aromatic N) is 7. The molecule has 18 nitrogen and oxygen atoms in total. The number of hydrogen-bond acceptors (Lipinski definition) is 15. The molecule has 19 heteroatoms. The first-order valence-electron chi connectivity index (χ1n) is 22.6. The van der Waals surface area contributed by atoms with E-state index in [0.29, 0.717) is 79.0 Å². The molecule has 4 aromatic rings. The van der Waals surface area contributed by atoms with Gasteiger partial charge in [-0.3, -0.25) is 29.2 Å². The Morgan fingerprint density at radius 3 is 1.67 bits per heavy atom. The van der Waals surface area contributed by atoms with Crippen LogP contribution in [-0.2, 0) is 64.9 Å². The average Bonchev–Trinajstić information content (AvgIpc) is 3.28. The second-order valence-corrected chi connectivity index (χ2v) is 16.9. The van der Waals surface area contributed by atoms with Crippen molar-refractivity contribution in [3.63, 3.8) is 0 Å². The molecule has 3 heterocycles. The minimum atomic E-state index is -1.28. The molecule has 0 unspecified atom stereocenters. The number of anilines is 1. The molecule has 362 valence electrons. The van der Waals surface area contributed by atoms with Crippen molar-refractivity contribution in [2.24, 2.45) is 7.05 Å². The van der Waals surface area contributed by atoms with Crippen molar-refractivity contribution in [1.29, 1.82) is 0 Å². The fraction of sp³-hybridized carbons (Fsp3) is 0.521. The van der Waals surface area contributed by atoms with Crippen LogP contribution < -0.4 is 19.7 Å². The number of pyridine rings is 1. The summed E-state index contributed by atoms with van der Waals surface area (Å²) in [5.74, 6) is -3.72. The van der Waals surface area contributed by atoms with Crippen LogP contribution in [0.1, 0.15) is 16.7 Å². The first-order chi connectivity index (χ1) is 31.9. The molecule has 1 saturated heterocycles. The standard InChI is InChI=1S/C48H65N7O11.Eu/c1-49-30-38-27-39-35-65-24-22-63-20-18-55(41-6-4-3-5-7-41)19-21-64-23-25-66-36-40(39)28-42(38)43-26-37(8-9-44(43)49)29-50(2)45(56)31-51-10-12-52(32-46(57)58)14-16-54(34-48(61)62)17-15-53(13-11-51)33-47(59)60;/h3-9,26-28,30H,10-25,29,31-36H2,1-2H3,(H2-,57,58,59,60,61,62);/q;+3/p-1. The van der Waals surface area contributed by atoms with Gasteiger partial charge in [-0.1, -0.05) is 24.3 Å². The molecule has 1 aromatic heterocycles. The van der Waals surface area contributed by atoms with Gasteiger partial charge in [0.05, 0.1) is 83.3 Å². The van der Waals surface area contributed by atoms with Gasteiger partial charge in [-0.25, -0.2) is 4.57 Å². The predicted octanol–water partition coefficient (Wildman–Crippen LogP) is -0.831. The van der Waals surface area contributed by atoms with E-state index in [1.54, 1.807) is 26.6 Å². The Morgan fingerprint density at radius 2 is 1.13 bits per heavy atom. The van der Waals surface area contributed by atoms with Crippen molar-refractivity contribution >= 4 is 51.2 Å². The summed E-state index contributed by atoms with van der Waals surface area (Å²) in [6.45, 7) is 6.74. The van der Waals surface area contributed by atoms with Gasteiger partial charge in [0.25, 0.3) is 0 Å². The summed E-state index contributed by atoms with van der Waals surface area (Å²) in [5.41, 5.74) is 5.11. The second kappa shape index (κ2) is 28.1. The Morgan fingerprint density at radius 1 is 0.627 bits per heavy atom. The minimum Gasteiger partial charge on any atom is -0.549 e. The van der Waals surface area contributed by atoms with E-state index in [9.17, 15) is 34.5 Å². The maximum Gasteiger partial charge on any atom is 3.00 e. The van der Waals surface area contributed by atoms with Gasteiger partial charge in [-0.15, -0.1) is 0 Å². The number of benzene rings is 3. The van der Waals surface area contributed by atoms with Crippen molar-refractivity contribution in [3.05, 3.63) is 83.6 Å². The molecular formula is C48H64EuN7O11+2. The zero-order valence-corrected chi connectivity index (χ0v) is 41.1. The topological polar surface area (TPSA) is 195 Å². The first-order valence-corrected chi connectivity index (χ1v) is 22.6. The van der Waals surface area contributed by atoms with Crippen LogP contribution in [-0.4, -0.2) is 192 Å². The van der Waals surface area contributed by atoms with Crippen LogP contribution in [0.5, 0.6) is 0 Å². The summed E-state index contributed by atoms with van der Waals surface area (Å²) in [7, 11) is 3.76. The molecule has 0 spiro atoms. The Balaban J connectivity index is 0.00000840. The van der Waals surface area contributed by atoms with E-state index in [1.165, 1.54) is 0 Å². The van der Waals surface area contributed by atoms with E-state index in [4.69, 9.17) is 18.9 Å². The molecule has 0 aliphatic carbocycles. The first kappa shape index (κ1) is 54.2. The maximum atomic E-state index is 13.9. The summed E-state index contributed by atoms with van der Waals surface area (Å²) in [6.07, 6.45) is 2.11. The quantitative estimate of drug-likeness (QED) is 0.144. The summed E-state index contributed by atoms with van der Waals surface area (Å²) in [6, 6.07) is 20.8. The molecule has 1 amide bonds. The number of likely N-dealkylation sites (N-methyl/N-ethyl adjacent to an activating group) is 1. The fourth-order valence-electron chi connectivity index (χ4n) is 8.40. The molecule has 0 radical (unpaired) electrons. The third kappa shape index (κ3) is 17.6. The smallest absolute Gasteiger partial charge is 0.549 e. The number of para-hydroxylation sites is 1. The molecule has 67 heavy (non-hydrogen) atoms. The van der Waals surface area contributed by atoms with Crippen molar-refractivity contribution in [1.82, 2.24) is 24.5 Å². The van der Waals surface area contributed by atoms with Crippen LogP contribution in [0.4, 0.5) is 5.69 Å². The van der Waals surface area contributed by atoms with Crippen molar-refractivity contribution < 1.29 is 107 Å². The van der Waals surface area contributed by atoms with Gasteiger partial charge in [-0.2, -0.15) is 0 Å². The third-order valence-electron chi connectivity index (χ3n) is 12.0. The van der Waals surface area contributed by atoms with Gasteiger partial charge < -0.3 is 53.7 Å². The number of fused-ring (bicyclic) bond motifs is 4. The number of ether oxygens (including phenoxy) is 4. The van der Waals surface area contributed by atoms with Crippen molar-refractivity contribution in [2.45, 2.75) is 19.8 Å². The van der Waals surface area contributed by atoms with Gasteiger partial charge in [0.1, 0.15) is 7.05 Å². The Hall–Kier alpha value is -3.73. The van der Waals surface area contributed by atoms with Crippen molar-refractivity contribution in [2.75, 3.05) is 143 Å². The molecular weight excluding hydrogens is 1000 g/mol. The van der Waals surface area contributed by atoms with Gasteiger partial charge in [0.2, 0.25) is 11.4 Å². The zero-order valence-electron chi connectivity index (χ0n) is 38.7. The van der Waals surface area contributed by atoms with E-state index >= 15 is 0 Å². The summed E-state index contributed by atoms with van der Waals surface area (Å²) in [4.78, 5) is 59.5. The van der Waals surface area contributed by atoms with Gasteiger partial charge in [0, 0.05) is 115 Å². The maximum absolute atomic E-state index is 13.9. The van der Waals surface area contributed by atoms with E-state index in [2.05, 4.69) is 52.1 Å².